The molecular weight excluding hydrogens is 262 g/mol. The van der Waals surface area contributed by atoms with Crippen molar-refractivity contribution in [2.45, 2.75) is 38.3 Å². The van der Waals surface area contributed by atoms with Gasteiger partial charge >= 0.3 is 0 Å². The molecule has 0 aliphatic rings. The third-order valence-electron chi connectivity index (χ3n) is 2.86. The first-order valence-electron chi connectivity index (χ1n) is 6.60. The fourth-order valence-corrected chi connectivity index (χ4v) is 2.07. The van der Waals surface area contributed by atoms with E-state index < -0.39 is 18.6 Å². The summed E-state index contributed by atoms with van der Waals surface area (Å²) in [5.74, 6) is 0. The third-order valence-corrected chi connectivity index (χ3v) is 2.86. The van der Waals surface area contributed by atoms with Crippen LogP contribution in [-0.2, 0) is 10.3 Å². The first-order valence-corrected chi connectivity index (χ1v) is 6.60. The SMILES string of the molecule is CC(C)NC(C#N)(CCOCC(F)F)c1ccccc1. The lowest BCUT2D eigenvalue weighted by Crippen LogP contribution is -2.45. The highest BCUT2D eigenvalue weighted by Crippen LogP contribution is 2.25. The van der Waals surface area contributed by atoms with E-state index in [1.54, 1.807) is 0 Å². The summed E-state index contributed by atoms with van der Waals surface area (Å²) in [5.41, 5.74) is -0.103. The van der Waals surface area contributed by atoms with Gasteiger partial charge in [0.25, 0.3) is 6.43 Å². The van der Waals surface area contributed by atoms with Gasteiger partial charge in [-0.1, -0.05) is 30.3 Å². The van der Waals surface area contributed by atoms with Gasteiger partial charge in [-0.25, -0.2) is 8.78 Å². The van der Waals surface area contributed by atoms with Gasteiger partial charge in [0.15, 0.2) is 0 Å². The van der Waals surface area contributed by atoms with Gasteiger partial charge in [-0.2, -0.15) is 5.26 Å². The Morgan fingerprint density at radius 3 is 2.45 bits per heavy atom. The van der Waals surface area contributed by atoms with Gasteiger partial charge in [0.05, 0.1) is 6.07 Å². The second kappa shape index (κ2) is 7.93. The molecule has 1 unspecified atom stereocenters. The minimum absolute atomic E-state index is 0.0879. The molecule has 110 valence electrons. The number of alkyl halides is 2. The molecule has 0 aliphatic heterocycles. The van der Waals surface area contributed by atoms with E-state index in [0.717, 1.165) is 5.56 Å². The molecule has 0 aromatic heterocycles. The van der Waals surface area contributed by atoms with Gasteiger partial charge in [0, 0.05) is 19.1 Å². The molecule has 0 radical (unpaired) electrons. The standard InChI is InChI=1S/C15H20F2N2O/c1-12(2)19-15(11-18,8-9-20-10-14(16)17)13-6-4-3-5-7-13/h3-7,12,14,19H,8-10H2,1-2H3. The molecule has 3 nitrogen and oxygen atoms in total. The summed E-state index contributed by atoms with van der Waals surface area (Å²) in [5, 5.41) is 12.8. The first kappa shape index (κ1) is 16.5. The molecule has 1 N–H and O–H groups in total. The maximum atomic E-state index is 12.1. The van der Waals surface area contributed by atoms with Crippen LogP contribution in [0.15, 0.2) is 30.3 Å². The summed E-state index contributed by atoms with van der Waals surface area (Å²) in [6, 6.07) is 11.6. The van der Waals surface area contributed by atoms with Gasteiger partial charge in [-0.05, 0) is 19.4 Å². The molecule has 0 heterocycles. The minimum atomic E-state index is -2.48. The number of benzene rings is 1. The minimum Gasteiger partial charge on any atom is -0.375 e. The Labute approximate surface area is 118 Å². The fourth-order valence-electron chi connectivity index (χ4n) is 2.07. The number of ether oxygens (including phenoxy) is 1. The van der Waals surface area contributed by atoms with E-state index in [4.69, 9.17) is 4.74 Å². The normalized spacial score (nSPS) is 14.2. The Bertz CT molecular complexity index is 431. The van der Waals surface area contributed by atoms with Gasteiger partial charge in [0.1, 0.15) is 12.1 Å². The maximum absolute atomic E-state index is 12.1. The largest absolute Gasteiger partial charge is 0.375 e. The van der Waals surface area contributed by atoms with Crippen LogP contribution in [0.1, 0.15) is 25.8 Å². The second-order valence-corrected chi connectivity index (χ2v) is 4.90. The van der Waals surface area contributed by atoms with Crippen molar-refractivity contribution in [3.63, 3.8) is 0 Å². The highest BCUT2D eigenvalue weighted by molar-refractivity contribution is 5.31. The summed E-state index contributed by atoms with van der Waals surface area (Å²) in [4.78, 5) is 0. The zero-order chi connectivity index (χ0) is 15.0. The summed E-state index contributed by atoms with van der Waals surface area (Å²) < 4.78 is 29.0. The molecule has 0 bridgehead atoms. The van der Waals surface area contributed by atoms with Crippen molar-refractivity contribution in [3.05, 3.63) is 35.9 Å². The number of hydrogen-bond acceptors (Lipinski definition) is 3. The van der Waals surface area contributed by atoms with Crippen molar-refractivity contribution >= 4 is 0 Å². The molecule has 0 saturated heterocycles. The molecule has 0 spiro atoms. The van der Waals surface area contributed by atoms with E-state index in [1.165, 1.54) is 0 Å². The molecular formula is C15H20F2N2O. The van der Waals surface area contributed by atoms with Crippen molar-refractivity contribution < 1.29 is 13.5 Å². The molecule has 0 amide bonds. The van der Waals surface area contributed by atoms with Crippen molar-refractivity contribution in [2.75, 3.05) is 13.2 Å². The lowest BCUT2D eigenvalue weighted by molar-refractivity contribution is 0.0115. The molecule has 5 heteroatoms. The van der Waals surface area contributed by atoms with E-state index in [0.29, 0.717) is 6.42 Å². The van der Waals surface area contributed by atoms with Crippen LogP contribution in [0.4, 0.5) is 8.78 Å². The zero-order valence-corrected chi connectivity index (χ0v) is 11.8. The van der Waals surface area contributed by atoms with Crippen LogP contribution >= 0.6 is 0 Å². The van der Waals surface area contributed by atoms with Crippen LogP contribution in [-0.4, -0.2) is 25.7 Å². The Morgan fingerprint density at radius 2 is 1.95 bits per heavy atom. The van der Waals surface area contributed by atoms with Crippen LogP contribution in [0.2, 0.25) is 0 Å². The number of hydrogen-bond donors (Lipinski definition) is 1. The van der Waals surface area contributed by atoms with Gasteiger partial charge in [-0.15, -0.1) is 0 Å². The highest BCUT2D eigenvalue weighted by Gasteiger charge is 2.32. The molecule has 1 aromatic carbocycles. The number of halogens is 2. The average molecular weight is 282 g/mol. The number of nitrogens with one attached hydrogen (secondary N) is 1. The van der Waals surface area contributed by atoms with Gasteiger partial charge in [-0.3, -0.25) is 5.32 Å². The molecule has 0 aliphatic carbocycles. The van der Waals surface area contributed by atoms with Crippen LogP contribution in [0, 0.1) is 11.3 Å². The van der Waals surface area contributed by atoms with E-state index in [2.05, 4.69) is 11.4 Å². The van der Waals surface area contributed by atoms with Crippen molar-refractivity contribution in [1.82, 2.24) is 5.32 Å². The number of nitriles is 1. The van der Waals surface area contributed by atoms with Crippen LogP contribution < -0.4 is 5.32 Å². The Balaban J connectivity index is 2.82. The molecule has 0 saturated carbocycles. The molecule has 1 aromatic rings. The summed E-state index contributed by atoms with van der Waals surface area (Å²) >= 11 is 0. The van der Waals surface area contributed by atoms with E-state index in [1.807, 2.05) is 44.2 Å². The van der Waals surface area contributed by atoms with E-state index in [9.17, 15) is 14.0 Å². The van der Waals surface area contributed by atoms with Crippen LogP contribution in [0.5, 0.6) is 0 Å². The molecule has 1 atom stereocenters. The van der Waals surface area contributed by atoms with Crippen molar-refractivity contribution in [3.8, 4) is 6.07 Å². The molecule has 20 heavy (non-hydrogen) atoms. The maximum Gasteiger partial charge on any atom is 0.261 e. The molecule has 1 rings (SSSR count). The molecule has 0 fully saturated rings. The lowest BCUT2D eigenvalue weighted by atomic mass is 9.87. The zero-order valence-electron chi connectivity index (χ0n) is 11.8. The van der Waals surface area contributed by atoms with Crippen LogP contribution in [0.3, 0.4) is 0 Å². The quantitative estimate of drug-likeness (QED) is 0.745. The predicted molar refractivity (Wildman–Crippen MR) is 73.4 cm³/mol. The van der Waals surface area contributed by atoms with Crippen LogP contribution in [0.25, 0.3) is 0 Å². The summed E-state index contributed by atoms with van der Waals surface area (Å²) in [6.45, 7) is 3.38. The lowest BCUT2D eigenvalue weighted by Gasteiger charge is -2.30. The van der Waals surface area contributed by atoms with Crippen molar-refractivity contribution in [1.29, 1.82) is 5.26 Å². The van der Waals surface area contributed by atoms with Gasteiger partial charge < -0.3 is 4.74 Å². The predicted octanol–water partition coefficient (Wildman–Crippen LogP) is 3.08. The van der Waals surface area contributed by atoms with Crippen molar-refractivity contribution in [2.24, 2.45) is 0 Å². The third kappa shape index (κ3) is 4.87. The van der Waals surface area contributed by atoms with E-state index in [-0.39, 0.29) is 12.6 Å². The Hall–Kier alpha value is -1.51. The van der Waals surface area contributed by atoms with E-state index >= 15 is 0 Å². The Kier molecular flexibility index (Phi) is 6.56. The average Bonchev–Trinajstić information content (AvgIpc) is 2.42. The van der Waals surface area contributed by atoms with Gasteiger partial charge in [0.2, 0.25) is 0 Å². The monoisotopic (exact) mass is 282 g/mol. The topological polar surface area (TPSA) is 45.0 Å². The highest BCUT2D eigenvalue weighted by atomic mass is 19.3. The Morgan fingerprint density at radius 1 is 1.30 bits per heavy atom. The number of nitrogens with zero attached hydrogens (tertiary/aromatic N) is 1. The first-order chi connectivity index (χ1) is 9.50. The smallest absolute Gasteiger partial charge is 0.261 e. The second-order valence-electron chi connectivity index (χ2n) is 4.90. The summed E-state index contributed by atoms with van der Waals surface area (Å²) in [7, 11) is 0. The summed E-state index contributed by atoms with van der Waals surface area (Å²) in [6.07, 6.45) is -2.17. The fraction of sp³-hybridized carbons (Fsp3) is 0.533. The number of rotatable bonds is 8.